The predicted molar refractivity (Wildman–Crippen MR) is 85.7 cm³/mol. The molecule has 4 heteroatoms. The molecule has 1 aromatic rings. The number of rotatable bonds is 6. The van der Waals surface area contributed by atoms with E-state index in [9.17, 15) is 5.26 Å². The number of nitrogens with two attached hydrogens (primary N) is 1. The first-order valence-corrected chi connectivity index (χ1v) is 7.77. The van der Waals surface area contributed by atoms with E-state index in [4.69, 9.17) is 5.73 Å². The van der Waals surface area contributed by atoms with Crippen molar-refractivity contribution >= 4 is 0 Å². The predicted octanol–water partition coefficient (Wildman–Crippen LogP) is 1.78. The maximum atomic E-state index is 9.53. The first-order valence-electron chi connectivity index (χ1n) is 7.77. The lowest BCUT2D eigenvalue weighted by Crippen LogP contribution is -2.48. The maximum Gasteiger partial charge on any atom is 0.142 e. The molecule has 0 spiro atoms. The van der Waals surface area contributed by atoms with Crippen LogP contribution >= 0.6 is 0 Å². The van der Waals surface area contributed by atoms with Crippen LogP contribution in [0.1, 0.15) is 25.3 Å². The molecule has 2 atom stereocenters. The van der Waals surface area contributed by atoms with Crippen molar-refractivity contribution in [2.24, 2.45) is 5.73 Å². The molecular weight excluding hydrogens is 260 g/mol. The highest BCUT2D eigenvalue weighted by molar-refractivity contribution is 5.31. The van der Waals surface area contributed by atoms with Gasteiger partial charge in [0.1, 0.15) is 5.54 Å². The van der Waals surface area contributed by atoms with Gasteiger partial charge in [-0.1, -0.05) is 37.3 Å². The van der Waals surface area contributed by atoms with Crippen molar-refractivity contribution < 1.29 is 0 Å². The molecule has 114 valence electrons. The van der Waals surface area contributed by atoms with Crippen molar-refractivity contribution in [3.8, 4) is 6.07 Å². The molecule has 0 radical (unpaired) electrons. The van der Waals surface area contributed by atoms with Crippen molar-refractivity contribution in [2.45, 2.75) is 31.3 Å². The van der Waals surface area contributed by atoms with Crippen molar-refractivity contribution in [3.05, 3.63) is 35.9 Å². The van der Waals surface area contributed by atoms with Crippen LogP contribution in [0.25, 0.3) is 0 Å². The van der Waals surface area contributed by atoms with Gasteiger partial charge in [-0.25, -0.2) is 0 Å². The lowest BCUT2D eigenvalue weighted by Gasteiger charge is -2.32. The molecule has 1 aliphatic rings. The van der Waals surface area contributed by atoms with Crippen LogP contribution in [0.3, 0.4) is 0 Å². The Morgan fingerprint density at radius 3 is 2.76 bits per heavy atom. The Labute approximate surface area is 128 Å². The third-order valence-electron chi connectivity index (χ3n) is 4.44. The molecular formula is C17H26N4. The lowest BCUT2D eigenvalue weighted by molar-refractivity contribution is 0.184. The Kier molecular flexibility index (Phi) is 5.35. The highest BCUT2D eigenvalue weighted by Gasteiger charge is 2.31. The topological polar surface area (TPSA) is 56.3 Å². The number of likely N-dealkylation sites (N-methyl/N-ethyl adjacent to an activating group) is 2. The van der Waals surface area contributed by atoms with Gasteiger partial charge >= 0.3 is 0 Å². The molecule has 0 saturated carbocycles. The number of hydrogen-bond acceptors (Lipinski definition) is 4. The molecule has 0 aliphatic carbocycles. The number of nitrogens with zero attached hydrogens (tertiary/aromatic N) is 3. The van der Waals surface area contributed by atoms with E-state index >= 15 is 0 Å². The Hall–Kier alpha value is -1.41. The van der Waals surface area contributed by atoms with Gasteiger partial charge < -0.3 is 10.6 Å². The summed E-state index contributed by atoms with van der Waals surface area (Å²) in [6.45, 7) is 6.04. The highest BCUT2D eigenvalue weighted by Crippen LogP contribution is 2.21. The van der Waals surface area contributed by atoms with Crippen LogP contribution in [0.2, 0.25) is 0 Å². The minimum absolute atomic E-state index is 0.557. The van der Waals surface area contributed by atoms with Crippen molar-refractivity contribution in [1.29, 1.82) is 5.26 Å². The number of likely N-dealkylation sites (tertiary alicyclic amines) is 1. The smallest absolute Gasteiger partial charge is 0.142 e. The fourth-order valence-corrected chi connectivity index (χ4v) is 3.30. The zero-order valence-electron chi connectivity index (χ0n) is 13.1. The SMILES string of the molecule is CCN1CCCC1CN(C)CC(N)(C#N)c1ccccc1. The van der Waals surface area contributed by atoms with Crippen molar-refractivity contribution in [1.82, 2.24) is 9.80 Å². The van der Waals surface area contributed by atoms with Crippen LogP contribution in [-0.2, 0) is 5.54 Å². The zero-order chi connectivity index (χ0) is 15.3. The van der Waals surface area contributed by atoms with Crippen LogP contribution < -0.4 is 5.73 Å². The Bertz CT molecular complexity index is 481. The summed E-state index contributed by atoms with van der Waals surface area (Å²) in [5.41, 5.74) is 6.29. The quantitative estimate of drug-likeness (QED) is 0.866. The third-order valence-corrected chi connectivity index (χ3v) is 4.44. The summed E-state index contributed by atoms with van der Waals surface area (Å²) in [5.74, 6) is 0. The highest BCUT2D eigenvalue weighted by atomic mass is 15.2. The average Bonchev–Trinajstić information content (AvgIpc) is 2.95. The molecule has 2 unspecified atom stereocenters. The van der Waals surface area contributed by atoms with Crippen LogP contribution in [-0.4, -0.2) is 49.1 Å². The minimum atomic E-state index is -0.939. The second kappa shape index (κ2) is 7.04. The molecule has 0 bridgehead atoms. The molecule has 1 fully saturated rings. The number of benzene rings is 1. The Morgan fingerprint density at radius 1 is 1.43 bits per heavy atom. The molecule has 1 saturated heterocycles. The van der Waals surface area contributed by atoms with Gasteiger partial charge in [-0.05, 0) is 38.5 Å². The summed E-state index contributed by atoms with van der Waals surface area (Å²) < 4.78 is 0. The van der Waals surface area contributed by atoms with Crippen LogP contribution in [0.5, 0.6) is 0 Å². The number of nitriles is 1. The van der Waals surface area contributed by atoms with Gasteiger partial charge in [-0.15, -0.1) is 0 Å². The van der Waals surface area contributed by atoms with Crippen molar-refractivity contribution in [2.75, 3.05) is 33.2 Å². The largest absolute Gasteiger partial charge is 0.309 e. The second-order valence-corrected chi connectivity index (χ2v) is 6.07. The third kappa shape index (κ3) is 3.82. The normalized spacial score (nSPS) is 22.1. The molecule has 2 N–H and O–H groups in total. The lowest BCUT2D eigenvalue weighted by atomic mass is 9.92. The van der Waals surface area contributed by atoms with E-state index in [1.54, 1.807) is 0 Å². The summed E-state index contributed by atoms with van der Waals surface area (Å²) in [6, 6.07) is 12.6. The van der Waals surface area contributed by atoms with E-state index in [-0.39, 0.29) is 0 Å². The summed E-state index contributed by atoms with van der Waals surface area (Å²) in [4.78, 5) is 4.72. The van der Waals surface area contributed by atoms with Crippen molar-refractivity contribution in [3.63, 3.8) is 0 Å². The first kappa shape index (κ1) is 16.0. The molecule has 21 heavy (non-hydrogen) atoms. The summed E-state index contributed by atoms with van der Waals surface area (Å²) in [7, 11) is 2.06. The maximum absolute atomic E-state index is 9.53. The van der Waals surface area contributed by atoms with Crippen LogP contribution in [0.15, 0.2) is 30.3 Å². The summed E-state index contributed by atoms with van der Waals surface area (Å²) in [5, 5.41) is 9.53. The van der Waals surface area contributed by atoms with Gasteiger partial charge in [0.05, 0.1) is 6.07 Å². The van der Waals surface area contributed by atoms with Crippen LogP contribution in [0.4, 0.5) is 0 Å². The van der Waals surface area contributed by atoms with Gasteiger partial charge in [-0.2, -0.15) is 5.26 Å². The standard InChI is InChI=1S/C17H26N4/c1-3-21-11-7-10-16(21)12-20(2)14-17(19,13-18)15-8-5-4-6-9-15/h4-6,8-9,16H,3,7,10-12,14,19H2,1-2H3. The molecule has 1 aromatic carbocycles. The molecule has 4 nitrogen and oxygen atoms in total. The fraction of sp³-hybridized carbons (Fsp3) is 0.588. The van der Waals surface area contributed by atoms with Gasteiger partial charge in [0.15, 0.2) is 0 Å². The van der Waals surface area contributed by atoms with E-state index in [1.165, 1.54) is 19.4 Å². The molecule has 0 amide bonds. The Balaban J connectivity index is 2.00. The zero-order valence-corrected chi connectivity index (χ0v) is 13.1. The molecule has 1 heterocycles. The van der Waals surface area contributed by atoms with Gasteiger partial charge in [0.25, 0.3) is 0 Å². The monoisotopic (exact) mass is 286 g/mol. The van der Waals surface area contributed by atoms with E-state index in [2.05, 4.69) is 29.8 Å². The van der Waals surface area contributed by atoms with Gasteiger partial charge in [-0.3, -0.25) is 4.90 Å². The van der Waals surface area contributed by atoms with E-state index < -0.39 is 5.54 Å². The van der Waals surface area contributed by atoms with E-state index in [0.29, 0.717) is 12.6 Å². The van der Waals surface area contributed by atoms with E-state index in [1.807, 2.05) is 30.3 Å². The van der Waals surface area contributed by atoms with Gasteiger partial charge in [0, 0.05) is 19.1 Å². The summed E-state index contributed by atoms with van der Waals surface area (Å²) in [6.07, 6.45) is 2.52. The molecule has 2 rings (SSSR count). The fourth-order valence-electron chi connectivity index (χ4n) is 3.30. The average molecular weight is 286 g/mol. The van der Waals surface area contributed by atoms with Gasteiger partial charge in [0.2, 0.25) is 0 Å². The minimum Gasteiger partial charge on any atom is -0.309 e. The molecule has 0 aromatic heterocycles. The molecule has 1 aliphatic heterocycles. The van der Waals surface area contributed by atoms with Crippen LogP contribution in [0, 0.1) is 11.3 Å². The Morgan fingerprint density at radius 2 is 2.14 bits per heavy atom. The first-order chi connectivity index (χ1) is 10.1. The number of hydrogen-bond donors (Lipinski definition) is 1. The summed E-state index contributed by atoms with van der Waals surface area (Å²) >= 11 is 0. The van der Waals surface area contributed by atoms with E-state index in [0.717, 1.165) is 18.7 Å². The second-order valence-electron chi connectivity index (χ2n) is 6.07.